The zero-order valence-electron chi connectivity index (χ0n) is 3.90. The van der Waals surface area contributed by atoms with Crippen LogP contribution in [0.2, 0.25) is 0 Å². The summed E-state index contributed by atoms with van der Waals surface area (Å²) in [7, 11) is 0. The Morgan fingerprint density at radius 3 is 2.50 bits per heavy atom. The molecule has 0 bridgehead atoms. The summed E-state index contributed by atoms with van der Waals surface area (Å²) in [5.41, 5.74) is 0. The van der Waals surface area contributed by atoms with Crippen LogP contribution in [0.4, 0.5) is 0 Å². The van der Waals surface area contributed by atoms with Crippen molar-refractivity contribution >= 4 is 0 Å². The van der Waals surface area contributed by atoms with Gasteiger partial charge in [0.1, 0.15) is 0 Å². The average Bonchev–Trinajstić information content (AvgIpc) is 1.35. The molecule has 0 rings (SSSR count). The van der Waals surface area contributed by atoms with Gasteiger partial charge in [0.2, 0.25) is 0 Å². The molecule has 1 heteroatoms. The fourth-order valence-electron chi connectivity index (χ4n) is 0.142. The van der Waals surface area contributed by atoms with Gasteiger partial charge in [0, 0.05) is 6.92 Å². The van der Waals surface area contributed by atoms with Gasteiger partial charge < -0.3 is 4.74 Å². The van der Waals surface area contributed by atoms with Gasteiger partial charge in [-0.25, -0.2) is 0 Å². The highest BCUT2D eigenvalue weighted by molar-refractivity contribution is 4.73. The maximum Gasteiger partial charge on any atom is 0.0913 e. The van der Waals surface area contributed by atoms with Crippen LogP contribution in [-0.2, 0) is 4.74 Å². The minimum Gasteiger partial charge on any atom is -0.499 e. The van der Waals surface area contributed by atoms with Gasteiger partial charge in [0.25, 0.3) is 0 Å². The third-order valence-electron chi connectivity index (χ3n) is 0.330. The first-order chi connectivity index (χ1) is 2.77. The lowest BCUT2D eigenvalue weighted by Gasteiger charge is -1.95. The smallest absolute Gasteiger partial charge is 0.0913 e. The molecule has 0 aromatic carbocycles. The summed E-state index contributed by atoms with van der Waals surface area (Å²) < 4.78 is 4.62. The summed E-state index contributed by atoms with van der Waals surface area (Å²) in [6.45, 7) is 10.4. The van der Waals surface area contributed by atoms with Crippen molar-refractivity contribution in [1.29, 1.82) is 0 Å². The van der Waals surface area contributed by atoms with E-state index in [2.05, 4.69) is 11.3 Å². The second-order valence-electron chi connectivity index (χ2n) is 1.01. The summed E-state index contributed by atoms with van der Waals surface area (Å²) >= 11 is 0. The van der Waals surface area contributed by atoms with Crippen molar-refractivity contribution in [2.24, 2.45) is 0 Å². The van der Waals surface area contributed by atoms with Gasteiger partial charge in [0.15, 0.2) is 0 Å². The second kappa shape index (κ2) is 2.76. The molecule has 0 aromatic heterocycles. The highest BCUT2D eigenvalue weighted by atomic mass is 16.5. The SMILES string of the molecule is [CH]COC(=C)C. The standard InChI is InChI=1S/C5H8O/c1-4-6-5(2)3/h1H,2,4H2,3H3. The minimum absolute atomic E-state index is 0.231. The zero-order valence-corrected chi connectivity index (χ0v) is 3.90. The molecule has 0 N–H and O–H groups in total. The predicted octanol–water partition coefficient (Wildman–Crippen LogP) is 1.25. The van der Waals surface area contributed by atoms with E-state index in [-0.39, 0.29) is 6.61 Å². The minimum atomic E-state index is 0.231. The van der Waals surface area contributed by atoms with E-state index in [0.717, 1.165) is 0 Å². The van der Waals surface area contributed by atoms with Crippen LogP contribution in [0.15, 0.2) is 12.3 Å². The predicted molar refractivity (Wildman–Crippen MR) is 25.1 cm³/mol. The normalized spacial score (nSPS) is 7.67. The lowest BCUT2D eigenvalue weighted by molar-refractivity contribution is 0.250. The maximum absolute atomic E-state index is 4.95. The summed E-state index contributed by atoms with van der Waals surface area (Å²) in [6, 6.07) is 0. The fourth-order valence-corrected chi connectivity index (χ4v) is 0.142. The van der Waals surface area contributed by atoms with Crippen LogP contribution in [0, 0.1) is 6.92 Å². The monoisotopic (exact) mass is 84.1 g/mol. The molecule has 0 aliphatic carbocycles. The topological polar surface area (TPSA) is 9.23 Å². The highest BCUT2D eigenvalue weighted by Crippen LogP contribution is 1.85. The molecule has 34 valence electrons. The molecule has 0 heterocycles. The summed E-state index contributed by atoms with van der Waals surface area (Å²) in [5.74, 6) is 0.664. The molecule has 0 unspecified atom stereocenters. The van der Waals surface area contributed by atoms with E-state index in [4.69, 9.17) is 6.92 Å². The Morgan fingerprint density at radius 2 is 2.50 bits per heavy atom. The lowest BCUT2D eigenvalue weighted by Crippen LogP contribution is -1.82. The molecule has 0 fully saturated rings. The number of hydrogen-bond acceptors (Lipinski definition) is 1. The molecule has 2 radical (unpaired) electrons. The van der Waals surface area contributed by atoms with Crippen molar-refractivity contribution < 1.29 is 4.74 Å². The molecule has 0 spiro atoms. The molecule has 0 atom stereocenters. The number of allylic oxidation sites excluding steroid dienone is 1. The molecule has 0 aliphatic rings. The molecule has 0 saturated heterocycles. The summed E-state index contributed by atoms with van der Waals surface area (Å²) in [6.07, 6.45) is 0. The quantitative estimate of drug-likeness (QED) is 0.457. The lowest BCUT2D eigenvalue weighted by atomic mass is 10.6. The Labute approximate surface area is 38.6 Å². The second-order valence-corrected chi connectivity index (χ2v) is 1.01. The van der Waals surface area contributed by atoms with Crippen molar-refractivity contribution in [2.75, 3.05) is 6.61 Å². The van der Waals surface area contributed by atoms with E-state index < -0.39 is 0 Å². The van der Waals surface area contributed by atoms with E-state index in [1.54, 1.807) is 6.92 Å². The van der Waals surface area contributed by atoms with Crippen molar-refractivity contribution in [2.45, 2.75) is 6.92 Å². The third kappa shape index (κ3) is 3.54. The molecule has 0 saturated carbocycles. The Kier molecular flexibility index (Phi) is 2.55. The molecule has 1 nitrogen and oxygen atoms in total. The number of hydrogen-bond donors (Lipinski definition) is 0. The van der Waals surface area contributed by atoms with Crippen LogP contribution in [0.3, 0.4) is 0 Å². The van der Waals surface area contributed by atoms with Crippen molar-refractivity contribution in [1.82, 2.24) is 0 Å². The van der Waals surface area contributed by atoms with Crippen LogP contribution in [0.5, 0.6) is 0 Å². The number of rotatable bonds is 2. The van der Waals surface area contributed by atoms with Crippen molar-refractivity contribution in [3.8, 4) is 0 Å². The summed E-state index contributed by atoms with van der Waals surface area (Å²) in [5, 5.41) is 0. The van der Waals surface area contributed by atoms with Gasteiger partial charge in [0.05, 0.1) is 12.4 Å². The first-order valence-electron chi connectivity index (χ1n) is 1.75. The Bertz CT molecular complexity index is 47.9. The maximum atomic E-state index is 4.95. The van der Waals surface area contributed by atoms with E-state index in [9.17, 15) is 0 Å². The summed E-state index contributed by atoms with van der Waals surface area (Å²) in [4.78, 5) is 0. The van der Waals surface area contributed by atoms with Gasteiger partial charge >= 0.3 is 0 Å². The first-order valence-corrected chi connectivity index (χ1v) is 1.75. The van der Waals surface area contributed by atoms with Crippen LogP contribution < -0.4 is 0 Å². The van der Waals surface area contributed by atoms with Crippen LogP contribution in [-0.4, -0.2) is 6.61 Å². The molecule has 0 aromatic rings. The Morgan fingerprint density at radius 1 is 2.00 bits per heavy atom. The Balaban J connectivity index is 2.83. The van der Waals surface area contributed by atoms with E-state index in [1.807, 2.05) is 0 Å². The molecule has 0 amide bonds. The van der Waals surface area contributed by atoms with Gasteiger partial charge in [-0.05, 0) is 6.92 Å². The Hall–Kier alpha value is -0.460. The van der Waals surface area contributed by atoms with Crippen molar-refractivity contribution in [3.05, 3.63) is 19.3 Å². The number of ether oxygens (including phenoxy) is 1. The van der Waals surface area contributed by atoms with Crippen LogP contribution in [0.1, 0.15) is 6.92 Å². The molecule has 0 aliphatic heterocycles. The van der Waals surface area contributed by atoms with Gasteiger partial charge in [-0.3, -0.25) is 0 Å². The fraction of sp³-hybridized carbons (Fsp3) is 0.400. The van der Waals surface area contributed by atoms with Gasteiger partial charge in [-0.15, -0.1) is 0 Å². The van der Waals surface area contributed by atoms with Crippen LogP contribution in [0.25, 0.3) is 0 Å². The van der Waals surface area contributed by atoms with Gasteiger partial charge in [-0.2, -0.15) is 0 Å². The van der Waals surface area contributed by atoms with E-state index in [0.29, 0.717) is 5.76 Å². The van der Waals surface area contributed by atoms with Crippen LogP contribution >= 0.6 is 0 Å². The highest BCUT2D eigenvalue weighted by Gasteiger charge is 1.73. The third-order valence-corrected chi connectivity index (χ3v) is 0.330. The van der Waals surface area contributed by atoms with E-state index >= 15 is 0 Å². The zero-order chi connectivity index (χ0) is 4.99. The first kappa shape index (κ1) is 5.54. The molecular weight excluding hydrogens is 76.1 g/mol. The van der Waals surface area contributed by atoms with Crippen molar-refractivity contribution in [3.63, 3.8) is 0 Å². The molecule has 6 heavy (non-hydrogen) atoms. The largest absolute Gasteiger partial charge is 0.499 e. The van der Waals surface area contributed by atoms with E-state index in [1.165, 1.54) is 0 Å². The van der Waals surface area contributed by atoms with Gasteiger partial charge in [-0.1, -0.05) is 6.58 Å². The average molecular weight is 84.1 g/mol. The molecular formula is C5H8O.